The average Bonchev–Trinajstić information content (AvgIpc) is 3.46. The summed E-state index contributed by atoms with van der Waals surface area (Å²) < 4.78 is 5.39. The van der Waals surface area contributed by atoms with E-state index in [4.69, 9.17) is 4.74 Å². The van der Waals surface area contributed by atoms with E-state index in [1.54, 1.807) is 0 Å². The Kier molecular flexibility index (Phi) is 8.81. The van der Waals surface area contributed by atoms with Crippen molar-refractivity contribution in [3.05, 3.63) is 54.1 Å². The number of amides is 1. The molecule has 0 spiro atoms. The van der Waals surface area contributed by atoms with Crippen molar-refractivity contribution in [2.45, 2.75) is 71.4 Å². The summed E-state index contributed by atoms with van der Waals surface area (Å²) in [5, 5.41) is 14.5. The molecule has 1 aliphatic carbocycles. The number of carbonyl (C=O) groups is 2. The highest BCUT2D eigenvalue weighted by Crippen LogP contribution is 2.33. The predicted octanol–water partition coefficient (Wildman–Crippen LogP) is 5.17. The molecule has 1 saturated carbocycles. The number of tetrazole rings is 1. The standard InChI is InChI=1S/C28H35N5O3/c1-3-5-14-26(34)33(25-13-9-8-12-24(25)28(35)36-4-2)19-20-15-17-21(18-16-20)22-10-6-7-11-23(22)27-29-31-32-30-27/h6-7,10-11,15-18,24-25H,3-5,8-9,12-14,19H2,1-2H3,(H,29,30,31,32)/t24-,25+/m1/s1. The van der Waals surface area contributed by atoms with E-state index in [9.17, 15) is 9.59 Å². The second kappa shape index (κ2) is 12.4. The zero-order chi connectivity index (χ0) is 25.3. The van der Waals surface area contributed by atoms with Gasteiger partial charge in [-0.1, -0.05) is 74.7 Å². The molecule has 1 fully saturated rings. The highest BCUT2D eigenvalue weighted by atomic mass is 16.5. The molecule has 0 aliphatic heterocycles. The maximum absolute atomic E-state index is 13.3. The molecule has 1 aliphatic rings. The van der Waals surface area contributed by atoms with Gasteiger partial charge >= 0.3 is 5.97 Å². The SMILES string of the molecule is CCCCC(=O)N(Cc1ccc(-c2ccccc2-c2nn[nH]n2)cc1)[C@H]1CCCC[C@H]1C(=O)OCC. The molecule has 1 heterocycles. The summed E-state index contributed by atoms with van der Waals surface area (Å²) in [5.74, 6) is 0.226. The Morgan fingerprint density at radius 1 is 1.03 bits per heavy atom. The van der Waals surface area contributed by atoms with E-state index >= 15 is 0 Å². The number of nitrogens with zero attached hydrogens (tertiary/aromatic N) is 4. The first kappa shape index (κ1) is 25.5. The third-order valence-corrected chi connectivity index (χ3v) is 6.91. The smallest absolute Gasteiger partial charge is 0.311 e. The van der Waals surface area contributed by atoms with E-state index in [2.05, 4.69) is 51.8 Å². The molecule has 8 nitrogen and oxygen atoms in total. The number of unbranched alkanes of at least 4 members (excludes halogenated alkanes) is 1. The average molecular weight is 490 g/mol. The van der Waals surface area contributed by atoms with Crippen molar-refractivity contribution in [2.24, 2.45) is 5.92 Å². The van der Waals surface area contributed by atoms with E-state index in [0.717, 1.165) is 60.8 Å². The van der Waals surface area contributed by atoms with Crippen molar-refractivity contribution in [2.75, 3.05) is 6.61 Å². The lowest BCUT2D eigenvalue weighted by Crippen LogP contribution is -2.48. The molecule has 0 bridgehead atoms. The predicted molar refractivity (Wildman–Crippen MR) is 138 cm³/mol. The van der Waals surface area contributed by atoms with Crippen LogP contribution in [0.25, 0.3) is 22.5 Å². The van der Waals surface area contributed by atoms with Crippen LogP contribution in [0.1, 0.15) is 64.4 Å². The van der Waals surface area contributed by atoms with Crippen LogP contribution in [0.4, 0.5) is 0 Å². The summed E-state index contributed by atoms with van der Waals surface area (Å²) in [7, 11) is 0. The topological polar surface area (TPSA) is 101 Å². The molecule has 1 amide bonds. The Morgan fingerprint density at radius 2 is 1.78 bits per heavy atom. The Labute approximate surface area is 212 Å². The maximum atomic E-state index is 13.3. The quantitative estimate of drug-likeness (QED) is 0.394. The van der Waals surface area contributed by atoms with Crippen LogP contribution in [0, 0.1) is 5.92 Å². The van der Waals surface area contributed by atoms with Gasteiger partial charge in [-0.3, -0.25) is 9.59 Å². The third kappa shape index (κ3) is 5.98. The van der Waals surface area contributed by atoms with Gasteiger partial charge in [-0.25, -0.2) is 0 Å². The molecule has 0 radical (unpaired) electrons. The number of benzene rings is 2. The van der Waals surface area contributed by atoms with Crippen molar-refractivity contribution >= 4 is 11.9 Å². The van der Waals surface area contributed by atoms with E-state index in [1.165, 1.54) is 0 Å². The lowest BCUT2D eigenvalue weighted by atomic mass is 9.83. The van der Waals surface area contributed by atoms with Crippen LogP contribution >= 0.6 is 0 Å². The number of aromatic amines is 1. The molecular formula is C28H35N5O3. The minimum absolute atomic E-state index is 0.115. The Morgan fingerprint density at radius 3 is 2.47 bits per heavy atom. The maximum Gasteiger partial charge on any atom is 0.311 e. The van der Waals surface area contributed by atoms with E-state index in [-0.39, 0.29) is 23.8 Å². The molecule has 8 heteroatoms. The molecule has 1 aromatic heterocycles. The number of rotatable bonds is 10. The number of aromatic nitrogens is 4. The molecular weight excluding hydrogens is 454 g/mol. The lowest BCUT2D eigenvalue weighted by Gasteiger charge is -2.39. The molecule has 4 rings (SSSR count). The second-order valence-corrected chi connectivity index (χ2v) is 9.31. The fourth-order valence-corrected chi connectivity index (χ4v) is 5.06. The minimum atomic E-state index is -0.259. The zero-order valence-corrected chi connectivity index (χ0v) is 21.2. The van der Waals surface area contributed by atoms with Crippen LogP contribution in [0.5, 0.6) is 0 Å². The number of nitrogens with one attached hydrogen (secondary N) is 1. The first-order valence-corrected chi connectivity index (χ1v) is 13.0. The highest BCUT2D eigenvalue weighted by molar-refractivity contribution is 5.81. The molecule has 2 atom stereocenters. The van der Waals surface area contributed by atoms with Crippen molar-refractivity contribution in [1.29, 1.82) is 0 Å². The highest BCUT2D eigenvalue weighted by Gasteiger charge is 2.37. The van der Waals surface area contributed by atoms with Crippen molar-refractivity contribution in [1.82, 2.24) is 25.5 Å². The summed E-state index contributed by atoms with van der Waals surface area (Å²) >= 11 is 0. The van der Waals surface area contributed by atoms with Gasteiger partial charge in [0.05, 0.1) is 12.5 Å². The minimum Gasteiger partial charge on any atom is -0.466 e. The largest absolute Gasteiger partial charge is 0.466 e. The fraction of sp³-hybridized carbons (Fsp3) is 0.464. The van der Waals surface area contributed by atoms with Crippen LogP contribution in [0.2, 0.25) is 0 Å². The molecule has 0 unspecified atom stereocenters. The van der Waals surface area contributed by atoms with Gasteiger partial charge in [0.1, 0.15) is 0 Å². The van der Waals surface area contributed by atoms with Gasteiger partial charge in [-0.2, -0.15) is 5.21 Å². The van der Waals surface area contributed by atoms with Crippen LogP contribution in [0.15, 0.2) is 48.5 Å². The number of esters is 1. The Balaban J connectivity index is 1.58. The third-order valence-electron chi connectivity index (χ3n) is 6.91. The normalized spacial score (nSPS) is 17.5. The molecule has 36 heavy (non-hydrogen) atoms. The van der Waals surface area contributed by atoms with Crippen LogP contribution in [0.3, 0.4) is 0 Å². The summed E-state index contributed by atoms with van der Waals surface area (Å²) in [4.78, 5) is 28.0. The lowest BCUT2D eigenvalue weighted by molar-refractivity contribution is -0.154. The van der Waals surface area contributed by atoms with Crippen LogP contribution in [-0.4, -0.2) is 50.0 Å². The van der Waals surface area contributed by atoms with Crippen LogP contribution < -0.4 is 0 Å². The van der Waals surface area contributed by atoms with Crippen molar-refractivity contribution in [3.63, 3.8) is 0 Å². The molecule has 1 N–H and O–H groups in total. The number of ether oxygens (including phenoxy) is 1. The van der Waals surface area contributed by atoms with Gasteiger partial charge in [0.15, 0.2) is 0 Å². The van der Waals surface area contributed by atoms with Gasteiger partial charge in [-0.15, -0.1) is 10.2 Å². The zero-order valence-electron chi connectivity index (χ0n) is 21.2. The molecule has 3 aromatic rings. The van der Waals surface area contributed by atoms with E-state index in [1.807, 2.05) is 36.1 Å². The van der Waals surface area contributed by atoms with Gasteiger partial charge in [0.2, 0.25) is 11.7 Å². The van der Waals surface area contributed by atoms with Gasteiger partial charge in [0, 0.05) is 24.6 Å². The number of carbonyl (C=O) groups excluding carboxylic acids is 2. The summed E-state index contributed by atoms with van der Waals surface area (Å²) in [6, 6.07) is 16.1. The summed E-state index contributed by atoms with van der Waals surface area (Å²) in [6.45, 7) is 4.76. The van der Waals surface area contributed by atoms with Gasteiger partial charge in [0.25, 0.3) is 0 Å². The molecule has 190 valence electrons. The second-order valence-electron chi connectivity index (χ2n) is 9.31. The summed E-state index contributed by atoms with van der Waals surface area (Å²) in [5.41, 5.74) is 3.98. The monoisotopic (exact) mass is 489 g/mol. The molecule has 0 saturated heterocycles. The first-order valence-electron chi connectivity index (χ1n) is 13.0. The number of hydrogen-bond donors (Lipinski definition) is 1. The number of hydrogen-bond acceptors (Lipinski definition) is 6. The first-order chi connectivity index (χ1) is 17.6. The molecule has 2 aromatic carbocycles. The summed E-state index contributed by atoms with van der Waals surface area (Å²) in [6.07, 6.45) is 5.91. The Bertz CT molecular complexity index is 1130. The van der Waals surface area contributed by atoms with E-state index in [0.29, 0.717) is 25.4 Å². The van der Waals surface area contributed by atoms with Gasteiger partial charge < -0.3 is 9.64 Å². The fourth-order valence-electron chi connectivity index (χ4n) is 5.06. The van der Waals surface area contributed by atoms with Crippen molar-refractivity contribution in [3.8, 4) is 22.5 Å². The number of H-pyrrole nitrogens is 1. The van der Waals surface area contributed by atoms with Crippen molar-refractivity contribution < 1.29 is 14.3 Å². The van der Waals surface area contributed by atoms with Gasteiger partial charge in [-0.05, 0) is 48.1 Å². The Hall–Kier alpha value is -3.55. The van der Waals surface area contributed by atoms with Crippen LogP contribution in [-0.2, 0) is 20.9 Å². The van der Waals surface area contributed by atoms with E-state index < -0.39 is 0 Å².